The third kappa shape index (κ3) is 4.93. The fourth-order valence-corrected chi connectivity index (χ4v) is 2.53. The molecule has 0 radical (unpaired) electrons. The zero-order valence-electron chi connectivity index (χ0n) is 12.6. The molecule has 0 saturated carbocycles. The molecule has 0 unspecified atom stereocenters. The van der Waals surface area contributed by atoms with E-state index >= 15 is 0 Å². The number of carboxylic acid groups (broad SMARTS) is 1. The minimum atomic E-state index is -0.930. The van der Waals surface area contributed by atoms with E-state index in [-0.39, 0.29) is 18.9 Å². The molecule has 1 amide bonds. The lowest BCUT2D eigenvalue weighted by Gasteiger charge is -2.35. The van der Waals surface area contributed by atoms with Crippen molar-refractivity contribution in [2.75, 3.05) is 12.8 Å². The number of carbonyl (C=O) groups excluding carboxylic acids is 1. The summed E-state index contributed by atoms with van der Waals surface area (Å²) in [6.07, 6.45) is 1.83. The molecule has 6 heteroatoms. The third-order valence-corrected chi connectivity index (χ3v) is 4.06. The first-order chi connectivity index (χ1) is 9.66. The van der Waals surface area contributed by atoms with Gasteiger partial charge in [0.1, 0.15) is 0 Å². The lowest BCUT2D eigenvalue weighted by Crippen LogP contribution is -2.46. The van der Waals surface area contributed by atoms with Crippen LogP contribution in [0.4, 0.5) is 0 Å². The van der Waals surface area contributed by atoms with E-state index in [4.69, 9.17) is 16.7 Å². The molecular weight excluding hydrogens is 310 g/mol. The second-order valence-electron chi connectivity index (χ2n) is 5.62. The maximum absolute atomic E-state index is 12.7. The number of hydrogen-bond donors (Lipinski definition) is 1. The van der Waals surface area contributed by atoms with Crippen LogP contribution in [0.1, 0.15) is 37.6 Å². The van der Waals surface area contributed by atoms with Crippen molar-refractivity contribution in [2.24, 2.45) is 0 Å². The number of rotatable bonds is 5. The molecule has 1 aromatic rings. The van der Waals surface area contributed by atoms with E-state index in [1.54, 1.807) is 17.0 Å². The van der Waals surface area contributed by atoms with Crippen molar-refractivity contribution in [1.29, 1.82) is 0 Å². The van der Waals surface area contributed by atoms with Crippen LogP contribution in [0.25, 0.3) is 0 Å². The summed E-state index contributed by atoms with van der Waals surface area (Å²) in [5, 5.41) is 9.23. The summed E-state index contributed by atoms with van der Waals surface area (Å²) in [5.74, 6) is -1.18. The molecule has 21 heavy (non-hydrogen) atoms. The highest BCUT2D eigenvalue weighted by Crippen LogP contribution is 2.26. The molecule has 0 aliphatic carbocycles. The van der Waals surface area contributed by atoms with Gasteiger partial charge in [0, 0.05) is 17.0 Å². The molecule has 116 valence electrons. The Morgan fingerprint density at radius 1 is 1.33 bits per heavy atom. The number of hydrogen-bond acceptors (Lipinski definition) is 3. The van der Waals surface area contributed by atoms with Crippen LogP contribution < -0.4 is 0 Å². The summed E-state index contributed by atoms with van der Waals surface area (Å²) in [4.78, 5) is 26.0. The van der Waals surface area contributed by atoms with Crippen molar-refractivity contribution >= 4 is 35.2 Å². The molecule has 1 N–H and O–H groups in total. The van der Waals surface area contributed by atoms with Gasteiger partial charge in [-0.3, -0.25) is 9.59 Å². The van der Waals surface area contributed by atoms with Gasteiger partial charge >= 0.3 is 5.97 Å². The second-order valence-corrected chi connectivity index (χ2v) is 6.90. The van der Waals surface area contributed by atoms with Crippen molar-refractivity contribution in [3.05, 3.63) is 28.8 Å². The molecule has 0 bridgehead atoms. The Labute approximate surface area is 134 Å². The number of amides is 1. The summed E-state index contributed by atoms with van der Waals surface area (Å²) in [7, 11) is 0. The van der Waals surface area contributed by atoms with Crippen molar-refractivity contribution in [3.8, 4) is 0 Å². The first-order valence-corrected chi connectivity index (χ1v) is 8.14. The smallest absolute Gasteiger partial charge is 0.305 e. The summed E-state index contributed by atoms with van der Waals surface area (Å²) in [6, 6.07) is 5.29. The predicted octanol–water partition coefficient (Wildman–Crippen LogP) is 3.78. The van der Waals surface area contributed by atoms with Crippen LogP contribution in [0.5, 0.6) is 0 Å². The lowest BCUT2D eigenvalue weighted by molar-refractivity contribution is -0.137. The predicted molar refractivity (Wildman–Crippen MR) is 86.3 cm³/mol. The van der Waals surface area contributed by atoms with Gasteiger partial charge in [0.2, 0.25) is 0 Å². The fraction of sp³-hybridized carbons (Fsp3) is 0.467. The molecule has 1 rings (SSSR count). The number of benzene rings is 1. The Morgan fingerprint density at radius 3 is 2.43 bits per heavy atom. The van der Waals surface area contributed by atoms with E-state index in [1.807, 2.05) is 33.1 Å². The molecular formula is C15H20ClNO3S. The Kier molecular flexibility index (Phi) is 6.10. The lowest BCUT2D eigenvalue weighted by atomic mass is 10.0. The van der Waals surface area contributed by atoms with Gasteiger partial charge in [0.05, 0.1) is 17.0 Å². The summed E-state index contributed by atoms with van der Waals surface area (Å²) in [6.45, 7) is 5.77. The molecule has 4 nitrogen and oxygen atoms in total. The standard InChI is InChI=1S/C15H20ClNO3S/c1-15(2,3)17(8-7-13(18)19)14(20)11-9-10(21-4)5-6-12(11)16/h5-6,9H,7-8H2,1-4H3,(H,18,19). The van der Waals surface area contributed by atoms with Crippen LogP contribution in [0.3, 0.4) is 0 Å². The van der Waals surface area contributed by atoms with Crippen LogP contribution >= 0.6 is 23.4 Å². The number of carboxylic acids is 1. The largest absolute Gasteiger partial charge is 0.481 e. The van der Waals surface area contributed by atoms with Crippen LogP contribution in [0.2, 0.25) is 5.02 Å². The summed E-state index contributed by atoms with van der Waals surface area (Å²) >= 11 is 7.65. The van der Waals surface area contributed by atoms with Gasteiger partial charge in [-0.15, -0.1) is 11.8 Å². The molecule has 0 aliphatic rings. The number of halogens is 1. The second kappa shape index (κ2) is 7.18. The van der Waals surface area contributed by atoms with Crippen LogP contribution in [-0.2, 0) is 4.79 Å². The van der Waals surface area contributed by atoms with Crippen molar-refractivity contribution in [3.63, 3.8) is 0 Å². The highest BCUT2D eigenvalue weighted by Gasteiger charge is 2.29. The van der Waals surface area contributed by atoms with Crippen molar-refractivity contribution in [2.45, 2.75) is 37.6 Å². The maximum atomic E-state index is 12.7. The minimum absolute atomic E-state index is 0.0944. The Hall–Kier alpha value is -1.20. The van der Waals surface area contributed by atoms with E-state index in [0.717, 1.165) is 4.90 Å². The average molecular weight is 330 g/mol. The number of carbonyl (C=O) groups is 2. The van der Waals surface area contributed by atoms with Gasteiger partial charge in [-0.05, 0) is 45.2 Å². The Morgan fingerprint density at radius 2 is 1.95 bits per heavy atom. The zero-order valence-corrected chi connectivity index (χ0v) is 14.2. The molecule has 0 heterocycles. The van der Waals surface area contributed by atoms with Crippen molar-refractivity contribution < 1.29 is 14.7 Å². The van der Waals surface area contributed by atoms with Gasteiger partial charge in [-0.1, -0.05) is 11.6 Å². The van der Waals surface area contributed by atoms with Gasteiger partial charge < -0.3 is 10.0 Å². The van der Waals surface area contributed by atoms with Crippen LogP contribution in [0, 0.1) is 0 Å². The Bertz CT molecular complexity index is 540. The highest BCUT2D eigenvalue weighted by molar-refractivity contribution is 7.98. The van der Waals surface area contributed by atoms with Crippen LogP contribution in [-0.4, -0.2) is 40.2 Å². The minimum Gasteiger partial charge on any atom is -0.481 e. The maximum Gasteiger partial charge on any atom is 0.305 e. The monoisotopic (exact) mass is 329 g/mol. The van der Waals surface area contributed by atoms with Gasteiger partial charge in [0.15, 0.2) is 0 Å². The molecule has 0 saturated heterocycles. The molecule has 1 aromatic carbocycles. The quantitative estimate of drug-likeness (QED) is 0.835. The van der Waals surface area contributed by atoms with Gasteiger partial charge in [-0.2, -0.15) is 0 Å². The number of aliphatic carboxylic acids is 1. The van der Waals surface area contributed by atoms with E-state index in [1.165, 1.54) is 11.8 Å². The molecule has 0 atom stereocenters. The molecule has 0 fully saturated rings. The zero-order chi connectivity index (χ0) is 16.2. The topological polar surface area (TPSA) is 57.6 Å². The Balaban J connectivity index is 3.13. The summed E-state index contributed by atoms with van der Waals surface area (Å²) < 4.78 is 0. The van der Waals surface area contributed by atoms with E-state index < -0.39 is 11.5 Å². The molecule has 0 aromatic heterocycles. The molecule has 0 spiro atoms. The number of nitrogens with zero attached hydrogens (tertiary/aromatic N) is 1. The number of thioether (sulfide) groups is 1. The van der Waals surface area contributed by atoms with Crippen LogP contribution in [0.15, 0.2) is 23.1 Å². The van der Waals surface area contributed by atoms with E-state index in [0.29, 0.717) is 10.6 Å². The SMILES string of the molecule is CSc1ccc(Cl)c(C(=O)N(CCC(=O)O)C(C)(C)C)c1. The molecule has 0 aliphatic heterocycles. The summed E-state index contributed by atoms with van der Waals surface area (Å²) in [5.41, 5.74) is -0.0746. The van der Waals surface area contributed by atoms with Crippen molar-refractivity contribution in [1.82, 2.24) is 4.90 Å². The average Bonchev–Trinajstić information content (AvgIpc) is 2.37. The normalized spacial score (nSPS) is 11.3. The van der Waals surface area contributed by atoms with E-state index in [9.17, 15) is 9.59 Å². The third-order valence-electron chi connectivity index (χ3n) is 3.01. The first kappa shape index (κ1) is 17.9. The highest BCUT2D eigenvalue weighted by atomic mass is 35.5. The van der Waals surface area contributed by atoms with Gasteiger partial charge in [-0.25, -0.2) is 0 Å². The van der Waals surface area contributed by atoms with Gasteiger partial charge in [0.25, 0.3) is 5.91 Å². The van der Waals surface area contributed by atoms with E-state index in [2.05, 4.69) is 0 Å². The first-order valence-electron chi connectivity index (χ1n) is 6.54. The fourth-order valence-electron chi connectivity index (χ4n) is 1.89.